The van der Waals surface area contributed by atoms with Crippen LogP contribution in [-0.4, -0.2) is 21.9 Å². The van der Waals surface area contributed by atoms with E-state index in [0.717, 1.165) is 0 Å². The second kappa shape index (κ2) is 3.83. The third kappa shape index (κ3) is 1.57. The number of nitrogens with zero attached hydrogens (tertiary/aromatic N) is 1. The van der Waals surface area contributed by atoms with Crippen LogP contribution in [0.2, 0.25) is 0 Å². The molecule has 2 rings (SSSR count). The molecule has 2 aliphatic carbocycles. The van der Waals surface area contributed by atoms with E-state index in [2.05, 4.69) is 0 Å². The fourth-order valence-electron chi connectivity index (χ4n) is 2.55. The summed E-state index contributed by atoms with van der Waals surface area (Å²) in [7, 11) is 0. The van der Waals surface area contributed by atoms with Crippen molar-refractivity contribution in [3.05, 3.63) is 34.0 Å². The Morgan fingerprint density at radius 3 is 2.88 bits per heavy atom. The molecule has 2 aliphatic rings. The highest BCUT2D eigenvalue weighted by atomic mass is 16.6. The van der Waals surface area contributed by atoms with Gasteiger partial charge in [0, 0.05) is 12.0 Å². The smallest absolute Gasteiger partial charge is 0.257 e. The maximum Gasteiger partial charge on any atom is 0.257 e. The molecule has 0 aromatic heterocycles. The molecule has 4 unspecified atom stereocenters. The zero-order chi connectivity index (χ0) is 11.9. The van der Waals surface area contributed by atoms with Crippen LogP contribution in [0.4, 0.5) is 0 Å². The first-order valence-corrected chi connectivity index (χ1v) is 5.27. The van der Waals surface area contributed by atoms with Crippen LogP contribution in [0.15, 0.2) is 23.9 Å². The molecule has 0 aromatic rings. The SMILES string of the molecule is CC(O)C1CC2C=CC=C([N+](=O)[O-])C2C1=O. The fourth-order valence-corrected chi connectivity index (χ4v) is 2.55. The fraction of sp³-hybridized carbons (Fsp3) is 0.545. The minimum atomic E-state index is -0.737. The standard InChI is InChI=1S/C11H13NO4/c1-6(13)8-5-7-3-2-4-9(12(15)16)10(7)11(8)14/h2-4,6-8,10,13H,5H2,1H3. The Labute approximate surface area is 92.6 Å². The lowest BCUT2D eigenvalue weighted by Gasteiger charge is -2.14. The maximum absolute atomic E-state index is 12.0. The molecule has 1 saturated carbocycles. The summed E-state index contributed by atoms with van der Waals surface area (Å²) in [6.07, 6.45) is 4.58. The lowest BCUT2D eigenvalue weighted by atomic mass is 9.88. The minimum Gasteiger partial charge on any atom is -0.393 e. The van der Waals surface area contributed by atoms with Crippen LogP contribution in [0.3, 0.4) is 0 Å². The Hall–Kier alpha value is -1.49. The molecule has 0 amide bonds. The van der Waals surface area contributed by atoms with Gasteiger partial charge in [0.25, 0.3) is 5.70 Å². The van der Waals surface area contributed by atoms with Crippen molar-refractivity contribution >= 4 is 5.78 Å². The van der Waals surface area contributed by atoms with Crippen molar-refractivity contribution in [3.63, 3.8) is 0 Å². The predicted molar refractivity (Wildman–Crippen MR) is 56.0 cm³/mol. The highest BCUT2D eigenvalue weighted by Gasteiger charge is 2.49. The van der Waals surface area contributed by atoms with E-state index in [1.807, 2.05) is 6.08 Å². The summed E-state index contributed by atoms with van der Waals surface area (Å²) >= 11 is 0. The quantitative estimate of drug-likeness (QED) is 0.557. The van der Waals surface area contributed by atoms with Crippen molar-refractivity contribution in [2.24, 2.45) is 17.8 Å². The lowest BCUT2D eigenvalue weighted by molar-refractivity contribution is -0.432. The predicted octanol–water partition coefficient (Wildman–Crippen LogP) is 0.919. The number of hydrogen-bond donors (Lipinski definition) is 1. The summed E-state index contributed by atoms with van der Waals surface area (Å²) in [5, 5.41) is 20.3. The van der Waals surface area contributed by atoms with Gasteiger partial charge >= 0.3 is 0 Å². The zero-order valence-electron chi connectivity index (χ0n) is 8.87. The van der Waals surface area contributed by atoms with Crippen molar-refractivity contribution in [1.29, 1.82) is 0 Å². The lowest BCUT2D eigenvalue weighted by Crippen LogP contribution is -2.27. The van der Waals surface area contributed by atoms with E-state index in [1.165, 1.54) is 6.08 Å². The van der Waals surface area contributed by atoms with Gasteiger partial charge < -0.3 is 5.11 Å². The van der Waals surface area contributed by atoms with Crippen LogP contribution in [-0.2, 0) is 4.79 Å². The van der Waals surface area contributed by atoms with Gasteiger partial charge in [-0.05, 0) is 19.3 Å². The molecular formula is C11H13NO4. The van der Waals surface area contributed by atoms with Crippen LogP contribution in [0.1, 0.15) is 13.3 Å². The number of ketones is 1. The summed E-state index contributed by atoms with van der Waals surface area (Å²) in [4.78, 5) is 22.3. The first-order chi connectivity index (χ1) is 7.52. The van der Waals surface area contributed by atoms with Crippen LogP contribution >= 0.6 is 0 Å². The summed E-state index contributed by atoms with van der Waals surface area (Å²) < 4.78 is 0. The number of aliphatic hydroxyl groups excluding tert-OH is 1. The number of carbonyl (C=O) groups is 1. The Bertz CT molecular complexity index is 397. The van der Waals surface area contributed by atoms with E-state index >= 15 is 0 Å². The highest BCUT2D eigenvalue weighted by molar-refractivity contribution is 5.89. The summed E-state index contributed by atoms with van der Waals surface area (Å²) in [5.41, 5.74) is -0.0411. The van der Waals surface area contributed by atoms with Crippen molar-refractivity contribution in [1.82, 2.24) is 0 Å². The van der Waals surface area contributed by atoms with Gasteiger partial charge in [-0.3, -0.25) is 14.9 Å². The molecule has 0 spiro atoms. The Balaban J connectivity index is 2.32. The average molecular weight is 223 g/mol. The minimum absolute atomic E-state index is 0.0411. The van der Waals surface area contributed by atoms with Crippen LogP contribution < -0.4 is 0 Å². The molecule has 5 nitrogen and oxygen atoms in total. The number of aliphatic hydroxyl groups is 1. The van der Waals surface area contributed by atoms with E-state index in [9.17, 15) is 20.0 Å². The number of rotatable bonds is 2. The number of allylic oxidation sites excluding steroid dienone is 4. The van der Waals surface area contributed by atoms with Gasteiger partial charge in [-0.15, -0.1) is 0 Å². The number of carbonyl (C=O) groups excluding carboxylic acids is 1. The summed E-state index contributed by atoms with van der Waals surface area (Å²) in [6, 6.07) is 0. The number of nitro groups is 1. The highest BCUT2D eigenvalue weighted by Crippen LogP contribution is 2.41. The Kier molecular flexibility index (Phi) is 2.63. The molecule has 4 atom stereocenters. The van der Waals surface area contributed by atoms with E-state index in [1.54, 1.807) is 13.0 Å². The molecule has 16 heavy (non-hydrogen) atoms. The topological polar surface area (TPSA) is 80.4 Å². The first kappa shape index (κ1) is 11.0. The van der Waals surface area contributed by atoms with E-state index < -0.39 is 22.9 Å². The molecule has 1 N–H and O–H groups in total. The van der Waals surface area contributed by atoms with Gasteiger partial charge in [-0.1, -0.05) is 12.2 Å². The summed E-state index contributed by atoms with van der Waals surface area (Å²) in [6.45, 7) is 1.55. The first-order valence-electron chi connectivity index (χ1n) is 5.27. The van der Waals surface area contributed by atoms with Crippen LogP contribution in [0.5, 0.6) is 0 Å². The van der Waals surface area contributed by atoms with Crippen LogP contribution in [0.25, 0.3) is 0 Å². The molecule has 5 heteroatoms. The Morgan fingerprint density at radius 2 is 2.31 bits per heavy atom. The second-order valence-corrected chi connectivity index (χ2v) is 4.36. The van der Waals surface area contributed by atoms with Gasteiger partial charge in [-0.25, -0.2) is 0 Å². The average Bonchev–Trinajstić information content (AvgIpc) is 2.56. The molecule has 0 saturated heterocycles. The van der Waals surface area contributed by atoms with Crippen molar-refractivity contribution in [3.8, 4) is 0 Å². The second-order valence-electron chi connectivity index (χ2n) is 4.36. The van der Waals surface area contributed by atoms with Gasteiger partial charge in [0.2, 0.25) is 0 Å². The van der Waals surface area contributed by atoms with E-state index in [0.29, 0.717) is 6.42 Å². The zero-order valence-corrected chi connectivity index (χ0v) is 8.87. The largest absolute Gasteiger partial charge is 0.393 e. The molecular weight excluding hydrogens is 210 g/mol. The Morgan fingerprint density at radius 1 is 1.62 bits per heavy atom. The number of hydrogen-bond acceptors (Lipinski definition) is 4. The van der Waals surface area contributed by atoms with E-state index in [4.69, 9.17) is 0 Å². The molecule has 86 valence electrons. The van der Waals surface area contributed by atoms with E-state index in [-0.39, 0.29) is 17.4 Å². The summed E-state index contributed by atoms with van der Waals surface area (Å²) in [5.74, 6) is -1.47. The maximum atomic E-state index is 12.0. The van der Waals surface area contributed by atoms with Gasteiger partial charge in [0.05, 0.1) is 11.0 Å². The van der Waals surface area contributed by atoms with Crippen molar-refractivity contribution < 1.29 is 14.8 Å². The molecule has 0 aromatic carbocycles. The molecule has 0 aliphatic heterocycles. The normalized spacial score (nSPS) is 34.5. The van der Waals surface area contributed by atoms with Gasteiger partial charge in [0.1, 0.15) is 5.92 Å². The number of fused-ring (bicyclic) bond motifs is 1. The third-order valence-corrected chi connectivity index (χ3v) is 3.36. The molecule has 0 bridgehead atoms. The van der Waals surface area contributed by atoms with Gasteiger partial charge in [0.15, 0.2) is 5.78 Å². The number of Topliss-reactive ketones (excluding diaryl/α,β-unsaturated/α-hetero) is 1. The van der Waals surface area contributed by atoms with Crippen molar-refractivity contribution in [2.75, 3.05) is 0 Å². The third-order valence-electron chi connectivity index (χ3n) is 3.36. The monoisotopic (exact) mass is 223 g/mol. The van der Waals surface area contributed by atoms with Crippen LogP contribution in [0, 0.1) is 27.9 Å². The van der Waals surface area contributed by atoms with Crippen molar-refractivity contribution in [2.45, 2.75) is 19.4 Å². The van der Waals surface area contributed by atoms with Gasteiger partial charge in [-0.2, -0.15) is 0 Å². The molecule has 1 fully saturated rings. The molecule has 0 radical (unpaired) electrons. The molecule has 0 heterocycles.